The van der Waals surface area contributed by atoms with Gasteiger partial charge in [0.05, 0.1) is 19.9 Å². The van der Waals surface area contributed by atoms with Crippen molar-refractivity contribution >= 4 is 5.69 Å². The van der Waals surface area contributed by atoms with Crippen molar-refractivity contribution in [3.8, 4) is 11.5 Å². The molecular formula is C8H10NO2. The van der Waals surface area contributed by atoms with Gasteiger partial charge >= 0.3 is 0 Å². The highest BCUT2D eigenvalue weighted by Crippen LogP contribution is 2.26. The highest BCUT2D eigenvalue weighted by Gasteiger charge is 1.99. The van der Waals surface area contributed by atoms with Gasteiger partial charge in [-0.15, -0.1) is 0 Å². The van der Waals surface area contributed by atoms with Crippen LogP contribution in [-0.4, -0.2) is 14.2 Å². The molecule has 0 spiro atoms. The molecule has 0 amide bonds. The van der Waals surface area contributed by atoms with E-state index in [9.17, 15) is 0 Å². The third-order valence-corrected chi connectivity index (χ3v) is 1.41. The zero-order chi connectivity index (χ0) is 8.27. The molecule has 0 atom stereocenters. The fraction of sp³-hybridized carbons (Fsp3) is 0.250. The van der Waals surface area contributed by atoms with Crippen LogP contribution in [0.5, 0.6) is 11.5 Å². The van der Waals surface area contributed by atoms with Gasteiger partial charge in [0.15, 0.2) is 0 Å². The summed E-state index contributed by atoms with van der Waals surface area (Å²) in [6, 6.07) is 5.05. The van der Waals surface area contributed by atoms with Crippen LogP contribution in [0.3, 0.4) is 0 Å². The molecule has 0 aliphatic carbocycles. The van der Waals surface area contributed by atoms with Gasteiger partial charge in [-0.25, -0.2) is 0 Å². The largest absolute Gasteiger partial charge is 0.497 e. The lowest BCUT2D eigenvalue weighted by atomic mass is 10.3. The molecule has 0 aliphatic rings. The standard InChI is InChI=1S/C8H10NO2/c1-10-6-3-4-7(9)8(5-6)11-2/h3-5,9H,1-2H3. The normalized spacial score (nSPS) is 9.27. The van der Waals surface area contributed by atoms with Crippen molar-refractivity contribution in [2.75, 3.05) is 14.2 Å². The Morgan fingerprint density at radius 1 is 1.18 bits per heavy atom. The molecule has 0 aromatic heterocycles. The molecule has 59 valence electrons. The summed E-state index contributed by atoms with van der Waals surface area (Å²) in [5.41, 5.74) is 7.73. The summed E-state index contributed by atoms with van der Waals surface area (Å²) in [5, 5.41) is 0. The predicted octanol–water partition coefficient (Wildman–Crippen LogP) is 1.62. The monoisotopic (exact) mass is 152 g/mol. The molecule has 0 aliphatic heterocycles. The second-order valence-corrected chi connectivity index (χ2v) is 2.07. The summed E-state index contributed by atoms with van der Waals surface area (Å²) in [7, 11) is 3.12. The summed E-state index contributed by atoms with van der Waals surface area (Å²) >= 11 is 0. The lowest BCUT2D eigenvalue weighted by Gasteiger charge is -2.04. The van der Waals surface area contributed by atoms with Crippen molar-refractivity contribution in [3.63, 3.8) is 0 Å². The number of ether oxygens (including phenoxy) is 2. The Hall–Kier alpha value is -1.38. The van der Waals surface area contributed by atoms with Gasteiger partial charge in [-0.2, -0.15) is 0 Å². The Labute approximate surface area is 65.7 Å². The summed E-state index contributed by atoms with van der Waals surface area (Å²) in [6.07, 6.45) is 0. The predicted molar refractivity (Wildman–Crippen MR) is 42.3 cm³/mol. The highest BCUT2D eigenvalue weighted by molar-refractivity contribution is 5.52. The van der Waals surface area contributed by atoms with Crippen LogP contribution in [0.2, 0.25) is 0 Å². The number of benzene rings is 1. The summed E-state index contributed by atoms with van der Waals surface area (Å²) < 4.78 is 9.87. The van der Waals surface area contributed by atoms with E-state index in [0.29, 0.717) is 17.2 Å². The van der Waals surface area contributed by atoms with Crippen molar-refractivity contribution in [1.29, 1.82) is 0 Å². The van der Waals surface area contributed by atoms with E-state index >= 15 is 0 Å². The average Bonchev–Trinajstić information content (AvgIpc) is 2.05. The van der Waals surface area contributed by atoms with E-state index in [2.05, 4.69) is 0 Å². The minimum Gasteiger partial charge on any atom is -0.497 e. The molecule has 3 heteroatoms. The van der Waals surface area contributed by atoms with Crippen molar-refractivity contribution < 1.29 is 9.47 Å². The topological polar surface area (TPSA) is 42.3 Å². The first-order chi connectivity index (χ1) is 5.27. The maximum atomic E-state index is 7.36. The number of hydrogen-bond donors (Lipinski definition) is 0. The van der Waals surface area contributed by atoms with Crippen molar-refractivity contribution in [3.05, 3.63) is 18.2 Å². The van der Waals surface area contributed by atoms with Crippen LogP contribution in [-0.2, 0) is 0 Å². The minimum atomic E-state index is 0.369. The molecule has 3 nitrogen and oxygen atoms in total. The third kappa shape index (κ3) is 1.55. The molecule has 0 fully saturated rings. The smallest absolute Gasteiger partial charge is 0.147 e. The number of hydrogen-bond acceptors (Lipinski definition) is 2. The highest BCUT2D eigenvalue weighted by atomic mass is 16.5. The van der Waals surface area contributed by atoms with E-state index in [1.165, 1.54) is 7.11 Å². The molecule has 1 aromatic carbocycles. The van der Waals surface area contributed by atoms with Crippen LogP contribution in [0.4, 0.5) is 5.69 Å². The van der Waals surface area contributed by atoms with E-state index in [1.54, 1.807) is 25.3 Å². The van der Waals surface area contributed by atoms with Gasteiger partial charge < -0.3 is 9.47 Å². The fourth-order valence-corrected chi connectivity index (χ4v) is 0.799. The van der Waals surface area contributed by atoms with Gasteiger partial charge in [-0.05, 0) is 12.1 Å². The molecule has 1 N–H and O–H groups in total. The van der Waals surface area contributed by atoms with Crippen LogP contribution >= 0.6 is 0 Å². The third-order valence-electron chi connectivity index (χ3n) is 1.41. The number of nitrogens with one attached hydrogen (secondary N) is 1. The average molecular weight is 152 g/mol. The van der Waals surface area contributed by atoms with E-state index in [0.717, 1.165) is 0 Å². The maximum absolute atomic E-state index is 7.36. The molecule has 1 rings (SSSR count). The molecule has 1 radical (unpaired) electrons. The van der Waals surface area contributed by atoms with Crippen LogP contribution in [0.25, 0.3) is 0 Å². The lowest BCUT2D eigenvalue weighted by Crippen LogP contribution is -1.87. The van der Waals surface area contributed by atoms with Crippen LogP contribution in [0.1, 0.15) is 0 Å². The van der Waals surface area contributed by atoms with Crippen molar-refractivity contribution in [1.82, 2.24) is 5.73 Å². The van der Waals surface area contributed by atoms with E-state index in [4.69, 9.17) is 15.2 Å². The molecule has 0 saturated heterocycles. The van der Waals surface area contributed by atoms with Crippen molar-refractivity contribution in [2.45, 2.75) is 0 Å². The zero-order valence-electron chi connectivity index (χ0n) is 6.55. The van der Waals surface area contributed by atoms with Crippen molar-refractivity contribution in [2.24, 2.45) is 0 Å². The molecule has 0 bridgehead atoms. The second-order valence-electron chi connectivity index (χ2n) is 2.07. The second kappa shape index (κ2) is 3.14. The summed E-state index contributed by atoms with van der Waals surface area (Å²) in [4.78, 5) is 0. The lowest BCUT2D eigenvalue weighted by molar-refractivity contribution is 0.395. The maximum Gasteiger partial charge on any atom is 0.147 e. The molecule has 0 heterocycles. The Morgan fingerprint density at radius 3 is 2.45 bits per heavy atom. The van der Waals surface area contributed by atoms with Gasteiger partial charge in [0.25, 0.3) is 0 Å². The van der Waals surface area contributed by atoms with E-state index < -0.39 is 0 Å². The molecular weight excluding hydrogens is 142 g/mol. The summed E-state index contributed by atoms with van der Waals surface area (Å²) in [5.74, 6) is 1.24. The van der Waals surface area contributed by atoms with Gasteiger partial charge in [0, 0.05) is 6.07 Å². The van der Waals surface area contributed by atoms with Gasteiger partial charge in [-0.3, -0.25) is 5.73 Å². The minimum absolute atomic E-state index is 0.369. The zero-order valence-corrected chi connectivity index (χ0v) is 6.55. The molecule has 1 aromatic rings. The molecule has 11 heavy (non-hydrogen) atoms. The van der Waals surface area contributed by atoms with E-state index in [1.807, 2.05) is 0 Å². The van der Waals surface area contributed by atoms with Crippen LogP contribution in [0, 0.1) is 0 Å². The Kier molecular flexibility index (Phi) is 2.21. The Morgan fingerprint density at radius 2 is 1.91 bits per heavy atom. The van der Waals surface area contributed by atoms with Gasteiger partial charge in [0.2, 0.25) is 0 Å². The molecule has 0 saturated carbocycles. The molecule has 0 unspecified atom stereocenters. The van der Waals surface area contributed by atoms with Crippen LogP contribution in [0.15, 0.2) is 18.2 Å². The SMILES string of the molecule is COc1ccc([NH])c(OC)c1. The quantitative estimate of drug-likeness (QED) is 0.646. The van der Waals surface area contributed by atoms with Gasteiger partial charge in [-0.1, -0.05) is 0 Å². The summed E-state index contributed by atoms with van der Waals surface area (Å²) in [6.45, 7) is 0. The first-order valence-corrected chi connectivity index (χ1v) is 3.21. The fourth-order valence-electron chi connectivity index (χ4n) is 0.799. The Balaban J connectivity index is 3.02. The van der Waals surface area contributed by atoms with Gasteiger partial charge in [0.1, 0.15) is 11.5 Å². The van der Waals surface area contributed by atoms with Crippen LogP contribution < -0.4 is 15.2 Å². The Bertz CT molecular complexity index is 248. The first kappa shape index (κ1) is 7.72. The first-order valence-electron chi connectivity index (χ1n) is 3.21. The number of rotatable bonds is 2. The van der Waals surface area contributed by atoms with E-state index in [-0.39, 0.29) is 0 Å². The number of methoxy groups -OCH3 is 2.